The maximum atomic E-state index is 13.8. The summed E-state index contributed by atoms with van der Waals surface area (Å²) in [5, 5.41) is 0. The molecule has 0 bridgehead atoms. The van der Waals surface area contributed by atoms with E-state index in [4.69, 9.17) is 0 Å². The third kappa shape index (κ3) is 2.27. The molecule has 1 heterocycles. The van der Waals surface area contributed by atoms with Crippen LogP contribution in [0.4, 0.5) is 18.9 Å². The van der Waals surface area contributed by atoms with E-state index in [0.717, 1.165) is 24.0 Å². The number of benzene rings is 1. The molecule has 1 aromatic carbocycles. The van der Waals surface area contributed by atoms with Crippen LogP contribution in [0.5, 0.6) is 0 Å². The quantitative estimate of drug-likeness (QED) is 0.678. The van der Waals surface area contributed by atoms with Gasteiger partial charge in [-0.15, -0.1) is 0 Å². The third-order valence-electron chi connectivity index (χ3n) is 3.80. The number of rotatable bonds is 0. The van der Waals surface area contributed by atoms with Crippen molar-refractivity contribution in [3.05, 3.63) is 29.8 Å². The average molecular weight is 306 g/mol. The fourth-order valence-electron chi connectivity index (χ4n) is 2.33. The van der Waals surface area contributed by atoms with Gasteiger partial charge in [-0.05, 0) is 18.9 Å². The number of carbonyl (C=O) groups is 1. The molecule has 0 unspecified atom stereocenters. The minimum Gasteiger partial charge on any atom is -0.310 e. The van der Waals surface area contributed by atoms with Crippen molar-refractivity contribution in [3.63, 3.8) is 0 Å². The van der Waals surface area contributed by atoms with Crippen molar-refractivity contribution in [2.75, 3.05) is 11.9 Å². The second-order valence-corrected chi connectivity index (χ2v) is 5.42. The molecule has 0 aromatic heterocycles. The average Bonchev–Trinajstić information content (AvgIpc) is 3.29. The number of hydrogen-bond acceptors (Lipinski definition) is 2. The Morgan fingerprint density at radius 1 is 1.32 bits per heavy atom. The first-order valence-corrected chi connectivity index (χ1v) is 6.87. The summed E-state index contributed by atoms with van der Waals surface area (Å²) < 4.78 is 41.5. The Balaban J connectivity index is 2.28. The summed E-state index contributed by atoms with van der Waals surface area (Å²) in [6.07, 6.45) is -2.38. The van der Waals surface area contributed by atoms with Gasteiger partial charge in [-0.2, -0.15) is 13.2 Å². The zero-order valence-corrected chi connectivity index (χ0v) is 11.8. The molecule has 3 rings (SSSR count). The lowest BCUT2D eigenvalue weighted by atomic mass is 9.88. The molecular weight excluding hydrogens is 293 g/mol. The van der Waals surface area contributed by atoms with Gasteiger partial charge in [-0.3, -0.25) is 9.79 Å². The number of nitrogens with zero attached hydrogens (tertiary/aromatic N) is 2. The van der Waals surface area contributed by atoms with Crippen molar-refractivity contribution in [2.24, 2.45) is 10.9 Å². The molecule has 0 radical (unpaired) electrons. The van der Waals surface area contributed by atoms with Crippen LogP contribution in [0, 0.1) is 17.8 Å². The van der Waals surface area contributed by atoms with Crippen molar-refractivity contribution in [3.8, 4) is 11.8 Å². The van der Waals surface area contributed by atoms with Crippen LogP contribution in [-0.4, -0.2) is 25.3 Å². The van der Waals surface area contributed by atoms with Gasteiger partial charge in [-0.1, -0.05) is 30.0 Å². The van der Waals surface area contributed by atoms with Crippen molar-refractivity contribution >= 4 is 17.8 Å². The summed E-state index contributed by atoms with van der Waals surface area (Å²) in [6.45, 7) is 0. The van der Waals surface area contributed by atoms with E-state index in [1.807, 2.05) is 0 Å². The Morgan fingerprint density at radius 2 is 2.00 bits per heavy atom. The summed E-state index contributed by atoms with van der Waals surface area (Å²) in [6, 6.07) is 5.89. The zero-order valence-electron chi connectivity index (χ0n) is 11.8. The third-order valence-corrected chi connectivity index (χ3v) is 3.80. The molecule has 3 nitrogen and oxygen atoms in total. The second-order valence-electron chi connectivity index (χ2n) is 5.42. The Morgan fingerprint density at radius 3 is 2.64 bits per heavy atom. The van der Waals surface area contributed by atoms with Gasteiger partial charge in [0.05, 0.1) is 11.9 Å². The van der Waals surface area contributed by atoms with Gasteiger partial charge in [0.25, 0.3) is 5.91 Å². The van der Waals surface area contributed by atoms with Gasteiger partial charge in [-0.25, -0.2) is 0 Å². The first-order valence-electron chi connectivity index (χ1n) is 6.87. The number of halogens is 3. The van der Waals surface area contributed by atoms with Crippen molar-refractivity contribution in [1.29, 1.82) is 0 Å². The predicted molar refractivity (Wildman–Crippen MR) is 76.6 cm³/mol. The van der Waals surface area contributed by atoms with Crippen LogP contribution in [-0.2, 0) is 10.3 Å². The summed E-state index contributed by atoms with van der Waals surface area (Å²) in [4.78, 5) is 16.6. The van der Waals surface area contributed by atoms with Crippen LogP contribution in [0.1, 0.15) is 18.4 Å². The lowest BCUT2D eigenvalue weighted by Crippen LogP contribution is -2.39. The highest BCUT2D eigenvalue weighted by atomic mass is 19.4. The van der Waals surface area contributed by atoms with E-state index >= 15 is 0 Å². The standard InChI is InChI=1S/C16H13F3N2O/c1-21-13-5-3-2-4-12(13)15(16(17,18)19,20-10-14(21)22)9-8-11-6-7-11/h2-5,10-11H,6-7H2,1H3/t15-/m1/s1. The van der Waals surface area contributed by atoms with E-state index < -0.39 is 17.6 Å². The molecule has 1 aromatic rings. The number of alkyl halides is 3. The maximum absolute atomic E-state index is 13.8. The highest BCUT2D eigenvalue weighted by Gasteiger charge is 2.57. The monoisotopic (exact) mass is 306 g/mol. The number of anilines is 1. The Hall–Kier alpha value is -2.29. The topological polar surface area (TPSA) is 32.7 Å². The van der Waals surface area contributed by atoms with Crippen molar-refractivity contribution < 1.29 is 18.0 Å². The SMILES string of the molecule is CN1C(=O)C=N[C@@](C#CC2CC2)(C(F)(F)F)c2ccccc21. The van der Waals surface area contributed by atoms with E-state index in [-0.39, 0.29) is 17.2 Å². The van der Waals surface area contributed by atoms with E-state index in [1.54, 1.807) is 6.07 Å². The molecule has 1 atom stereocenters. The first kappa shape index (κ1) is 14.6. The normalized spacial score (nSPS) is 24.4. The van der Waals surface area contributed by atoms with Crippen LogP contribution in [0.3, 0.4) is 0 Å². The maximum Gasteiger partial charge on any atom is 0.429 e. The molecule has 114 valence electrons. The highest BCUT2D eigenvalue weighted by molar-refractivity contribution is 6.33. The van der Waals surface area contributed by atoms with E-state index in [9.17, 15) is 18.0 Å². The molecule has 1 aliphatic carbocycles. The van der Waals surface area contributed by atoms with Crippen LogP contribution < -0.4 is 4.90 Å². The fourth-order valence-corrected chi connectivity index (χ4v) is 2.33. The van der Waals surface area contributed by atoms with Gasteiger partial charge < -0.3 is 4.90 Å². The summed E-state index contributed by atoms with van der Waals surface area (Å²) in [7, 11) is 1.42. The Bertz CT molecular complexity index is 710. The molecule has 0 N–H and O–H groups in total. The van der Waals surface area contributed by atoms with Crippen LogP contribution in [0.15, 0.2) is 29.3 Å². The minimum atomic E-state index is -4.72. The largest absolute Gasteiger partial charge is 0.429 e. The number of fused-ring (bicyclic) bond motifs is 1. The Labute approximate surface area is 125 Å². The molecule has 1 amide bonds. The van der Waals surface area contributed by atoms with Gasteiger partial charge in [0, 0.05) is 18.5 Å². The van der Waals surface area contributed by atoms with Crippen molar-refractivity contribution in [1.82, 2.24) is 0 Å². The highest BCUT2D eigenvalue weighted by Crippen LogP contribution is 2.46. The lowest BCUT2D eigenvalue weighted by molar-refractivity contribution is -0.170. The number of amides is 1. The molecule has 0 saturated heterocycles. The van der Waals surface area contributed by atoms with E-state index in [0.29, 0.717) is 0 Å². The van der Waals surface area contributed by atoms with Gasteiger partial charge in [0.1, 0.15) is 0 Å². The second kappa shape index (κ2) is 4.87. The van der Waals surface area contributed by atoms with Gasteiger partial charge >= 0.3 is 6.18 Å². The molecule has 1 aliphatic heterocycles. The molecule has 1 fully saturated rings. The molecule has 1 saturated carbocycles. The van der Waals surface area contributed by atoms with Crippen LogP contribution in [0.2, 0.25) is 0 Å². The predicted octanol–water partition coefficient (Wildman–Crippen LogP) is 2.90. The fraction of sp³-hybridized carbons (Fsp3) is 0.375. The first-order chi connectivity index (χ1) is 10.3. The molecule has 6 heteroatoms. The number of carbonyl (C=O) groups excluding carboxylic acids is 1. The molecule has 0 spiro atoms. The van der Waals surface area contributed by atoms with Crippen molar-refractivity contribution in [2.45, 2.75) is 24.6 Å². The summed E-state index contributed by atoms with van der Waals surface area (Å²) >= 11 is 0. The molecular formula is C16H13F3N2O. The number of hydrogen-bond donors (Lipinski definition) is 0. The number of aliphatic imine (C=N–C) groups is 1. The zero-order chi connectivity index (χ0) is 16.0. The molecule has 22 heavy (non-hydrogen) atoms. The summed E-state index contributed by atoms with van der Waals surface area (Å²) in [5.74, 6) is 4.37. The Kier molecular flexibility index (Phi) is 3.24. The van der Waals surface area contributed by atoms with Crippen LogP contribution >= 0.6 is 0 Å². The summed E-state index contributed by atoms with van der Waals surface area (Å²) in [5.41, 5.74) is -2.63. The minimum absolute atomic E-state index is 0.00160. The van der Waals surface area contributed by atoms with E-state index in [2.05, 4.69) is 16.8 Å². The van der Waals surface area contributed by atoms with Crippen LogP contribution in [0.25, 0.3) is 0 Å². The van der Waals surface area contributed by atoms with Gasteiger partial charge in [0.15, 0.2) is 0 Å². The number of para-hydroxylation sites is 1. The van der Waals surface area contributed by atoms with E-state index in [1.165, 1.54) is 25.2 Å². The molecule has 2 aliphatic rings. The smallest absolute Gasteiger partial charge is 0.310 e. The van der Waals surface area contributed by atoms with Gasteiger partial charge in [0.2, 0.25) is 5.54 Å². The lowest BCUT2D eigenvalue weighted by Gasteiger charge is -2.29.